The zero-order chi connectivity index (χ0) is 21.7. The quantitative estimate of drug-likeness (QED) is 0.494. The summed E-state index contributed by atoms with van der Waals surface area (Å²) < 4.78 is 1.90. The Morgan fingerprint density at radius 1 is 0.938 bits per heavy atom. The van der Waals surface area contributed by atoms with Crippen molar-refractivity contribution in [3.05, 3.63) is 94.9 Å². The van der Waals surface area contributed by atoms with Crippen LogP contribution in [0.1, 0.15) is 28.5 Å². The molecule has 0 N–H and O–H groups in total. The van der Waals surface area contributed by atoms with Gasteiger partial charge in [0.15, 0.2) is 0 Å². The molecule has 1 saturated heterocycles. The SMILES string of the molecule is O=C(c1nccc2ccccc12)N1C[C@@H]2C[C@H](C1)c1cc(-c3cccnc3)cc(=O)n1C2. The van der Waals surface area contributed by atoms with E-state index in [0.717, 1.165) is 34.0 Å². The predicted octanol–water partition coefficient (Wildman–Crippen LogP) is 3.72. The van der Waals surface area contributed by atoms with E-state index in [4.69, 9.17) is 0 Å². The van der Waals surface area contributed by atoms with Gasteiger partial charge in [0.2, 0.25) is 0 Å². The summed E-state index contributed by atoms with van der Waals surface area (Å²) in [5.74, 6) is 0.364. The lowest BCUT2D eigenvalue weighted by Gasteiger charge is -2.42. The lowest BCUT2D eigenvalue weighted by atomic mass is 9.82. The van der Waals surface area contributed by atoms with Crippen molar-refractivity contribution in [2.75, 3.05) is 13.1 Å². The van der Waals surface area contributed by atoms with Crippen molar-refractivity contribution in [1.82, 2.24) is 19.4 Å². The molecular weight excluding hydrogens is 400 g/mol. The van der Waals surface area contributed by atoms with Crippen molar-refractivity contribution in [2.45, 2.75) is 18.9 Å². The van der Waals surface area contributed by atoms with E-state index in [1.54, 1.807) is 24.7 Å². The van der Waals surface area contributed by atoms with E-state index >= 15 is 0 Å². The Hall–Kier alpha value is -3.80. The molecule has 1 fully saturated rings. The number of fused-ring (bicyclic) bond motifs is 5. The van der Waals surface area contributed by atoms with Crippen LogP contribution in [-0.4, -0.2) is 38.4 Å². The molecule has 2 aliphatic heterocycles. The average Bonchev–Trinajstić information content (AvgIpc) is 2.84. The van der Waals surface area contributed by atoms with Gasteiger partial charge in [0.25, 0.3) is 11.5 Å². The minimum atomic E-state index is -0.0317. The number of rotatable bonds is 2. The normalized spacial score (nSPS) is 19.6. The number of pyridine rings is 3. The second-order valence-corrected chi connectivity index (χ2v) is 8.75. The third-order valence-corrected chi connectivity index (χ3v) is 6.71. The lowest BCUT2D eigenvalue weighted by Crippen LogP contribution is -2.49. The van der Waals surface area contributed by atoms with Gasteiger partial charge in [-0.2, -0.15) is 0 Å². The Bertz CT molecular complexity index is 1390. The summed E-state index contributed by atoms with van der Waals surface area (Å²) in [5, 5.41) is 1.90. The number of nitrogens with zero attached hydrogens (tertiary/aromatic N) is 4. The first-order valence-corrected chi connectivity index (χ1v) is 11.0. The maximum absolute atomic E-state index is 13.5. The average molecular weight is 422 g/mol. The van der Waals surface area contributed by atoms with Crippen molar-refractivity contribution < 1.29 is 4.79 Å². The molecule has 5 heterocycles. The summed E-state index contributed by atoms with van der Waals surface area (Å²) >= 11 is 0. The fourth-order valence-electron chi connectivity index (χ4n) is 5.26. The molecule has 158 valence electrons. The van der Waals surface area contributed by atoms with Crippen molar-refractivity contribution >= 4 is 16.7 Å². The Labute approximate surface area is 185 Å². The Morgan fingerprint density at radius 3 is 2.72 bits per heavy atom. The molecule has 0 spiro atoms. The molecule has 6 nitrogen and oxygen atoms in total. The monoisotopic (exact) mass is 422 g/mol. The fourth-order valence-corrected chi connectivity index (χ4v) is 5.26. The number of amides is 1. The number of benzene rings is 1. The molecule has 2 bridgehead atoms. The van der Waals surface area contributed by atoms with E-state index < -0.39 is 0 Å². The minimum absolute atomic E-state index is 0.0200. The van der Waals surface area contributed by atoms with Crippen LogP contribution in [0.15, 0.2) is 78.0 Å². The van der Waals surface area contributed by atoms with Gasteiger partial charge in [0.1, 0.15) is 5.69 Å². The van der Waals surface area contributed by atoms with Gasteiger partial charge in [-0.25, -0.2) is 0 Å². The van der Waals surface area contributed by atoms with Gasteiger partial charge in [-0.15, -0.1) is 0 Å². The van der Waals surface area contributed by atoms with Gasteiger partial charge in [0, 0.05) is 66.9 Å². The largest absolute Gasteiger partial charge is 0.336 e. The summed E-state index contributed by atoms with van der Waals surface area (Å²) in [6.45, 7) is 1.89. The molecule has 2 aliphatic rings. The topological polar surface area (TPSA) is 68.1 Å². The molecule has 1 aromatic carbocycles. The highest BCUT2D eigenvalue weighted by Crippen LogP contribution is 2.37. The van der Waals surface area contributed by atoms with Crippen molar-refractivity contribution in [1.29, 1.82) is 0 Å². The molecule has 32 heavy (non-hydrogen) atoms. The van der Waals surface area contributed by atoms with Crippen molar-refractivity contribution in [3.8, 4) is 11.1 Å². The van der Waals surface area contributed by atoms with E-state index in [0.29, 0.717) is 25.3 Å². The molecule has 0 saturated carbocycles. The lowest BCUT2D eigenvalue weighted by molar-refractivity contribution is 0.0591. The molecule has 0 unspecified atom stereocenters. The molecule has 3 aromatic heterocycles. The minimum Gasteiger partial charge on any atom is -0.336 e. The van der Waals surface area contributed by atoms with Crippen LogP contribution in [0.4, 0.5) is 0 Å². The molecule has 0 aliphatic carbocycles. The van der Waals surface area contributed by atoms with Gasteiger partial charge in [-0.3, -0.25) is 19.6 Å². The van der Waals surface area contributed by atoms with E-state index in [9.17, 15) is 9.59 Å². The number of aromatic nitrogens is 3. The number of hydrogen-bond donors (Lipinski definition) is 0. The van der Waals surface area contributed by atoms with E-state index in [2.05, 4.69) is 16.0 Å². The van der Waals surface area contributed by atoms with Gasteiger partial charge in [-0.1, -0.05) is 30.3 Å². The fraction of sp³-hybridized carbons (Fsp3) is 0.231. The molecule has 6 rings (SSSR count). The van der Waals surface area contributed by atoms with Gasteiger partial charge in [-0.05, 0) is 41.5 Å². The predicted molar refractivity (Wildman–Crippen MR) is 122 cm³/mol. The number of piperidine rings is 1. The first kappa shape index (κ1) is 18.9. The number of hydrogen-bond acceptors (Lipinski definition) is 4. The summed E-state index contributed by atoms with van der Waals surface area (Å²) in [6.07, 6.45) is 6.20. The maximum atomic E-state index is 13.5. The summed E-state index contributed by atoms with van der Waals surface area (Å²) in [4.78, 5) is 37.0. The highest BCUT2D eigenvalue weighted by molar-refractivity contribution is 6.05. The van der Waals surface area contributed by atoms with Crippen LogP contribution in [-0.2, 0) is 6.54 Å². The smallest absolute Gasteiger partial charge is 0.273 e. The van der Waals surface area contributed by atoms with Crippen molar-refractivity contribution in [3.63, 3.8) is 0 Å². The van der Waals surface area contributed by atoms with Crippen LogP contribution in [0.2, 0.25) is 0 Å². The molecule has 0 radical (unpaired) electrons. The van der Waals surface area contributed by atoms with Gasteiger partial charge in [0.05, 0.1) is 0 Å². The molecular formula is C26H22N4O2. The highest BCUT2D eigenvalue weighted by atomic mass is 16.2. The summed E-state index contributed by atoms with van der Waals surface area (Å²) in [7, 11) is 0. The van der Waals surface area contributed by atoms with Crippen LogP contribution < -0.4 is 5.56 Å². The van der Waals surface area contributed by atoms with Gasteiger partial charge >= 0.3 is 0 Å². The Morgan fingerprint density at radius 2 is 1.84 bits per heavy atom. The molecule has 2 atom stereocenters. The summed E-state index contributed by atoms with van der Waals surface area (Å²) in [6, 6.07) is 17.4. The first-order chi connectivity index (χ1) is 15.7. The second kappa shape index (κ2) is 7.41. The van der Waals surface area contributed by atoms with Gasteiger partial charge < -0.3 is 9.47 Å². The van der Waals surface area contributed by atoms with E-state index in [1.165, 1.54) is 0 Å². The zero-order valence-electron chi connectivity index (χ0n) is 17.5. The Kier molecular flexibility index (Phi) is 4.38. The summed E-state index contributed by atoms with van der Waals surface area (Å²) in [5.41, 5.74) is 3.35. The first-order valence-electron chi connectivity index (χ1n) is 11.0. The van der Waals surface area contributed by atoms with Crippen LogP contribution in [0.3, 0.4) is 0 Å². The van der Waals surface area contributed by atoms with Crippen LogP contribution in [0.5, 0.6) is 0 Å². The number of carbonyl (C=O) groups excluding carboxylic acids is 1. The zero-order valence-corrected chi connectivity index (χ0v) is 17.5. The standard InChI is InChI=1S/C26H22N4O2/c31-24-12-20(19-5-3-8-27-13-19)11-23-21-10-17(15-30(23)24)14-29(16-21)26(32)25-22-6-2-1-4-18(22)7-9-28-25/h1-9,11-13,17,21H,10,14-16H2/t17-,21+/m0/s1. The second-order valence-electron chi connectivity index (χ2n) is 8.75. The number of carbonyl (C=O) groups is 1. The number of likely N-dealkylation sites (tertiary alicyclic amines) is 1. The molecule has 6 heteroatoms. The van der Waals surface area contributed by atoms with E-state index in [1.807, 2.05) is 51.9 Å². The molecule has 4 aromatic rings. The Balaban J connectivity index is 1.36. The third-order valence-electron chi connectivity index (χ3n) is 6.71. The van der Waals surface area contributed by atoms with Crippen LogP contribution in [0.25, 0.3) is 21.9 Å². The molecule has 1 amide bonds. The van der Waals surface area contributed by atoms with Crippen LogP contribution in [0, 0.1) is 5.92 Å². The van der Waals surface area contributed by atoms with Crippen LogP contribution >= 0.6 is 0 Å². The van der Waals surface area contributed by atoms with E-state index in [-0.39, 0.29) is 23.3 Å². The van der Waals surface area contributed by atoms with Crippen molar-refractivity contribution in [2.24, 2.45) is 5.92 Å². The maximum Gasteiger partial charge on any atom is 0.273 e. The highest BCUT2D eigenvalue weighted by Gasteiger charge is 2.37. The third kappa shape index (κ3) is 3.11.